The van der Waals surface area contributed by atoms with E-state index in [1.807, 2.05) is 5.32 Å². The molecule has 292 valence electrons. The zero-order chi connectivity index (χ0) is 37.7. The molecular weight excluding hydrogens is 706 g/mol. The molecule has 0 bridgehead atoms. The number of amides is 1. The zero-order valence-corrected chi connectivity index (χ0v) is 26.3. The molecule has 1 amide bonds. The molecule has 0 unspecified atom stereocenters. The van der Waals surface area contributed by atoms with Crippen LogP contribution in [0.25, 0.3) is 0 Å². The molecule has 4 aliphatic rings. The van der Waals surface area contributed by atoms with Crippen molar-refractivity contribution in [2.45, 2.75) is 105 Å². The number of ether oxygens (including phenoxy) is 8. The maximum absolute atomic E-state index is 11.7. The van der Waals surface area contributed by atoms with Crippen LogP contribution in [0, 0.1) is 0 Å². The van der Waals surface area contributed by atoms with Gasteiger partial charge in [0.25, 0.3) is 0 Å². The van der Waals surface area contributed by atoms with Gasteiger partial charge in [0.05, 0.1) is 19.8 Å². The molecular formula is C27H41NO23. The van der Waals surface area contributed by atoms with E-state index in [4.69, 9.17) is 43.0 Å². The monoisotopic (exact) mass is 747 g/mol. The highest BCUT2D eigenvalue weighted by atomic mass is 16.8. The molecule has 0 radical (unpaired) electrons. The van der Waals surface area contributed by atoms with E-state index in [1.54, 1.807) is 0 Å². The first kappa shape index (κ1) is 41.0. The van der Waals surface area contributed by atoms with Gasteiger partial charge in [-0.25, -0.2) is 4.79 Å². The number of carboxylic acids is 2. The highest BCUT2D eigenvalue weighted by molar-refractivity contribution is 5.84. The number of aliphatic hydroxyl groups excluding tert-OH is 10. The summed E-state index contributed by atoms with van der Waals surface area (Å²) in [6.07, 6.45) is -30.5. The summed E-state index contributed by atoms with van der Waals surface area (Å²) in [5.74, 6) is -4.67. The molecule has 0 saturated carbocycles. The van der Waals surface area contributed by atoms with Gasteiger partial charge in [0.1, 0.15) is 92.5 Å². The van der Waals surface area contributed by atoms with Crippen molar-refractivity contribution in [3.63, 3.8) is 0 Å². The summed E-state index contributed by atoms with van der Waals surface area (Å²) in [7, 11) is 0. The van der Waals surface area contributed by atoms with Crippen molar-refractivity contribution in [3.8, 4) is 0 Å². The van der Waals surface area contributed by atoms with Gasteiger partial charge in [-0.3, -0.25) is 9.59 Å². The van der Waals surface area contributed by atoms with E-state index >= 15 is 0 Å². The Morgan fingerprint density at radius 2 is 1.25 bits per heavy atom. The van der Waals surface area contributed by atoms with E-state index in [1.165, 1.54) is 0 Å². The number of rotatable bonds is 14. The van der Waals surface area contributed by atoms with Crippen LogP contribution in [0.1, 0.15) is 0 Å². The summed E-state index contributed by atoms with van der Waals surface area (Å²) in [5.41, 5.74) is 0. The Balaban J connectivity index is 1.43. The third kappa shape index (κ3) is 9.64. The molecule has 3 saturated heterocycles. The number of carboxylic acid groups (broad SMARTS) is 2. The van der Waals surface area contributed by atoms with Gasteiger partial charge in [-0.15, -0.1) is 0 Å². The van der Waals surface area contributed by atoms with Gasteiger partial charge < -0.3 is 104 Å². The van der Waals surface area contributed by atoms with E-state index in [0.29, 0.717) is 6.08 Å². The van der Waals surface area contributed by atoms with Gasteiger partial charge in [0.15, 0.2) is 18.9 Å². The Morgan fingerprint density at radius 1 is 0.706 bits per heavy atom. The molecule has 0 aliphatic carbocycles. The number of aliphatic carboxylic acids is 2. The van der Waals surface area contributed by atoms with Gasteiger partial charge in [0.2, 0.25) is 18.0 Å². The molecule has 24 heteroatoms. The molecule has 24 nitrogen and oxygen atoms in total. The van der Waals surface area contributed by atoms with Crippen LogP contribution in [0.15, 0.2) is 11.8 Å². The highest BCUT2D eigenvalue weighted by Gasteiger charge is 2.54. The zero-order valence-electron chi connectivity index (χ0n) is 26.3. The number of aliphatic hydroxyl groups is 10. The lowest BCUT2D eigenvalue weighted by Gasteiger charge is -2.48. The molecule has 4 rings (SSSR count). The first-order chi connectivity index (χ1) is 24.1. The number of hydrogen-bond acceptors (Lipinski definition) is 21. The predicted octanol–water partition coefficient (Wildman–Crippen LogP) is -8.64. The van der Waals surface area contributed by atoms with Gasteiger partial charge in [-0.2, -0.15) is 0 Å². The molecule has 13 N–H and O–H groups in total. The smallest absolute Gasteiger partial charge is 0.371 e. The fourth-order valence-electron chi connectivity index (χ4n) is 5.43. The Kier molecular flexibility index (Phi) is 14.4. The van der Waals surface area contributed by atoms with Crippen molar-refractivity contribution in [2.24, 2.45) is 0 Å². The minimum absolute atomic E-state index is 0.549. The Hall–Kier alpha value is -2.73. The summed E-state index contributed by atoms with van der Waals surface area (Å²) in [6, 6.07) is 0. The van der Waals surface area contributed by atoms with Crippen molar-refractivity contribution in [3.05, 3.63) is 11.8 Å². The molecule has 0 spiro atoms. The van der Waals surface area contributed by atoms with Crippen LogP contribution in [0.4, 0.5) is 0 Å². The lowest BCUT2D eigenvalue weighted by molar-refractivity contribution is -0.380. The summed E-state index contributed by atoms with van der Waals surface area (Å²) < 4.78 is 42.9. The van der Waals surface area contributed by atoms with Crippen molar-refractivity contribution in [1.29, 1.82) is 0 Å². The van der Waals surface area contributed by atoms with E-state index < -0.39 is 161 Å². The van der Waals surface area contributed by atoms with E-state index in [0.717, 1.165) is 0 Å². The Morgan fingerprint density at radius 3 is 1.78 bits per heavy atom. The van der Waals surface area contributed by atoms with Crippen LogP contribution in [-0.4, -0.2) is 217 Å². The van der Waals surface area contributed by atoms with E-state index in [-0.39, 0.29) is 0 Å². The van der Waals surface area contributed by atoms with E-state index in [2.05, 4.69) is 0 Å². The van der Waals surface area contributed by atoms with E-state index in [9.17, 15) is 70.6 Å². The minimum atomic E-state index is -2.10. The third-order valence-corrected chi connectivity index (χ3v) is 8.19. The molecule has 4 aliphatic heterocycles. The van der Waals surface area contributed by atoms with Crippen molar-refractivity contribution in [2.75, 3.05) is 33.0 Å². The molecule has 0 aromatic rings. The van der Waals surface area contributed by atoms with Crippen molar-refractivity contribution >= 4 is 17.8 Å². The lowest BCUT2D eigenvalue weighted by Crippen LogP contribution is -2.66. The van der Waals surface area contributed by atoms with Gasteiger partial charge in [-0.05, 0) is 6.08 Å². The van der Waals surface area contributed by atoms with Gasteiger partial charge in [0, 0.05) is 0 Å². The maximum atomic E-state index is 11.7. The maximum Gasteiger partial charge on any atom is 0.371 e. The fraction of sp³-hybridized carbons (Fsp3) is 0.815. The predicted molar refractivity (Wildman–Crippen MR) is 151 cm³/mol. The van der Waals surface area contributed by atoms with Crippen LogP contribution in [-0.2, 0) is 52.3 Å². The molecule has 4 heterocycles. The standard InChI is InChI=1S/C27H41NO23/c29-3-9-16(37)21(19(40)26(47-9)49-11-5-44-24(18(39)15(11)36)45-6-12(32)28-2-13(33)34)51-27-20(41)22(17(38)10(4-30)48-27)50-25-14(35)7(31)1-8(46-25)23(42)43/h1,7,9-11,14-22,24-27,29-31,35-41H,2-6H2,(H,28,32)(H,33,34)(H,42,43)/t7-,9+,10+,11+,14+,15-,16-,17-,18+,19+,20+,21-,22-,24-,25-,26-,27-/m0/s1. The average molecular weight is 748 g/mol. The first-order valence-corrected chi connectivity index (χ1v) is 15.3. The molecule has 0 aromatic carbocycles. The molecule has 0 aromatic heterocycles. The fourth-order valence-corrected chi connectivity index (χ4v) is 5.43. The molecule has 17 atom stereocenters. The van der Waals surface area contributed by atoms with Crippen LogP contribution in [0.2, 0.25) is 0 Å². The summed E-state index contributed by atoms with van der Waals surface area (Å²) in [4.78, 5) is 33.7. The number of hydrogen-bond donors (Lipinski definition) is 13. The molecule has 3 fully saturated rings. The Bertz CT molecular complexity index is 1220. The number of nitrogens with one attached hydrogen (secondary N) is 1. The topological polar surface area (TPSA) is 380 Å². The number of carbonyl (C=O) groups excluding carboxylic acids is 1. The lowest BCUT2D eigenvalue weighted by atomic mass is 9.96. The van der Waals surface area contributed by atoms with Crippen LogP contribution in [0.3, 0.4) is 0 Å². The highest BCUT2D eigenvalue weighted by Crippen LogP contribution is 2.33. The minimum Gasteiger partial charge on any atom is -0.480 e. The SMILES string of the molecule is O=C(O)CNC(=O)CO[C@@H]1OC[C@@H](O[C@@H]2O[C@H](CO)[C@H](O)[C@H](O[C@@H]3O[C@H](CO)[C@H](O)[C@H](O[C@@H]4OC(C(=O)O)=C[C@H](O)[C@H]4O)[C@H]3O)[C@H]2O)[C@H](O)[C@H]1O. The second-order valence-corrected chi connectivity index (χ2v) is 11.8. The van der Waals surface area contributed by atoms with Crippen LogP contribution in [0.5, 0.6) is 0 Å². The second-order valence-electron chi connectivity index (χ2n) is 11.8. The number of carbonyl (C=O) groups is 3. The third-order valence-electron chi connectivity index (χ3n) is 8.19. The molecule has 51 heavy (non-hydrogen) atoms. The van der Waals surface area contributed by atoms with Crippen LogP contribution < -0.4 is 5.32 Å². The summed E-state index contributed by atoms with van der Waals surface area (Å²) in [6.45, 7) is -3.84. The van der Waals surface area contributed by atoms with Gasteiger partial charge >= 0.3 is 11.9 Å². The normalized spacial score (nSPS) is 43.1. The van der Waals surface area contributed by atoms with Crippen molar-refractivity contribution < 1.29 is 114 Å². The van der Waals surface area contributed by atoms with Gasteiger partial charge in [-0.1, -0.05) is 0 Å². The second kappa shape index (κ2) is 17.9. The van der Waals surface area contributed by atoms with Crippen LogP contribution >= 0.6 is 0 Å². The first-order valence-electron chi connectivity index (χ1n) is 15.3. The Labute approximate surface area is 286 Å². The largest absolute Gasteiger partial charge is 0.480 e. The van der Waals surface area contributed by atoms with Crippen molar-refractivity contribution in [1.82, 2.24) is 5.32 Å². The summed E-state index contributed by atoms with van der Waals surface area (Å²) >= 11 is 0. The average Bonchev–Trinajstić information content (AvgIpc) is 3.09. The summed E-state index contributed by atoms with van der Waals surface area (Å²) in [5, 5.41) is 125. The quantitative estimate of drug-likeness (QED) is 0.0784.